The molecule has 94 valence electrons. The van der Waals surface area contributed by atoms with Crippen LogP contribution in [0.3, 0.4) is 0 Å². The highest BCUT2D eigenvalue weighted by atomic mass is 31.1. The van der Waals surface area contributed by atoms with Crippen LogP contribution < -0.4 is 0 Å². The molecular formula is C7H19O7P. The van der Waals surface area contributed by atoms with Crippen LogP contribution in [0, 0.1) is 5.41 Å². The Morgan fingerprint density at radius 1 is 0.933 bits per heavy atom. The van der Waals surface area contributed by atoms with Crippen molar-refractivity contribution in [1.82, 2.24) is 0 Å². The van der Waals surface area contributed by atoms with E-state index in [9.17, 15) is 4.57 Å². The molecule has 0 atom stereocenters. The Morgan fingerprint density at radius 2 is 1.20 bits per heavy atom. The van der Waals surface area contributed by atoms with Gasteiger partial charge in [-0.15, -0.1) is 0 Å². The molecule has 0 aromatic heterocycles. The van der Waals surface area contributed by atoms with E-state index in [-0.39, 0.29) is 0 Å². The van der Waals surface area contributed by atoms with Crippen molar-refractivity contribution in [3.63, 3.8) is 0 Å². The van der Waals surface area contributed by atoms with E-state index in [1.165, 1.54) is 14.2 Å². The van der Waals surface area contributed by atoms with Crippen LogP contribution >= 0.6 is 8.25 Å². The average molecular weight is 246 g/mol. The molecule has 0 rings (SSSR count). The second-order valence-electron chi connectivity index (χ2n) is 2.79. The fraction of sp³-hybridized carbons (Fsp3) is 1.00. The van der Waals surface area contributed by atoms with Gasteiger partial charge in [0.15, 0.2) is 0 Å². The van der Waals surface area contributed by atoms with Crippen LogP contribution in [0.4, 0.5) is 0 Å². The lowest BCUT2D eigenvalue weighted by atomic mass is 9.93. The van der Waals surface area contributed by atoms with Crippen LogP contribution in [0.5, 0.6) is 0 Å². The monoisotopic (exact) mass is 246 g/mol. The molecule has 15 heavy (non-hydrogen) atoms. The maximum atomic E-state index is 9.92. The largest absolute Gasteiger partial charge is 0.396 e. The molecule has 0 aliphatic rings. The molecule has 0 aromatic rings. The van der Waals surface area contributed by atoms with E-state index in [1.807, 2.05) is 0 Å². The highest BCUT2D eigenvalue weighted by Crippen LogP contribution is 2.18. The number of aliphatic hydroxyl groups is 4. The van der Waals surface area contributed by atoms with E-state index in [0.717, 1.165) is 0 Å². The first-order chi connectivity index (χ1) is 7.05. The molecule has 0 aliphatic carbocycles. The Labute approximate surface area is 89.2 Å². The van der Waals surface area contributed by atoms with Crippen molar-refractivity contribution in [3.8, 4) is 0 Å². The van der Waals surface area contributed by atoms with Crippen LogP contribution in [-0.4, -0.2) is 61.1 Å². The quantitative estimate of drug-likeness (QED) is 0.426. The van der Waals surface area contributed by atoms with Crippen LogP contribution in [0.2, 0.25) is 0 Å². The minimum absolute atomic E-state index is 0.406. The van der Waals surface area contributed by atoms with Gasteiger partial charge >= 0.3 is 8.25 Å². The van der Waals surface area contributed by atoms with Gasteiger partial charge in [-0.2, -0.15) is 0 Å². The Balaban J connectivity index is 0. The Kier molecular flexibility index (Phi) is 12.2. The van der Waals surface area contributed by atoms with Gasteiger partial charge < -0.3 is 29.5 Å². The summed E-state index contributed by atoms with van der Waals surface area (Å²) < 4.78 is 18.4. The third-order valence-corrected chi connectivity index (χ3v) is 2.34. The molecule has 8 heteroatoms. The van der Waals surface area contributed by atoms with Gasteiger partial charge in [0.05, 0.1) is 31.8 Å². The van der Waals surface area contributed by atoms with E-state index < -0.39 is 40.1 Å². The minimum Gasteiger partial charge on any atom is -0.396 e. The molecule has 0 fully saturated rings. The van der Waals surface area contributed by atoms with Crippen LogP contribution in [0.25, 0.3) is 0 Å². The summed E-state index contributed by atoms with van der Waals surface area (Å²) in [5.74, 6) is 0. The van der Waals surface area contributed by atoms with Crippen molar-refractivity contribution in [2.24, 2.45) is 5.41 Å². The normalized spacial score (nSPS) is 11.1. The molecule has 0 unspecified atom stereocenters. The zero-order chi connectivity index (χ0) is 12.3. The van der Waals surface area contributed by atoms with E-state index in [1.54, 1.807) is 0 Å². The van der Waals surface area contributed by atoms with Crippen LogP contribution in [0.15, 0.2) is 0 Å². The Bertz CT molecular complexity index is 136. The maximum Gasteiger partial charge on any atom is 0.318 e. The first kappa shape index (κ1) is 17.4. The van der Waals surface area contributed by atoms with Crippen LogP contribution in [0.1, 0.15) is 0 Å². The lowest BCUT2D eigenvalue weighted by molar-refractivity contribution is -0.0328. The molecule has 0 aliphatic heterocycles. The lowest BCUT2D eigenvalue weighted by Crippen LogP contribution is -2.37. The molecule has 0 amide bonds. The topological polar surface area (TPSA) is 116 Å². The summed E-state index contributed by atoms with van der Waals surface area (Å²) in [4.78, 5) is 0. The van der Waals surface area contributed by atoms with Gasteiger partial charge in [-0.25, -0.2) is 0 Å². The summed E-state index contributed by atoms with van der Waals surface area (Å²) in [7, 11) is 0.558. The van der Waals surface area contributed by atoms with Crippen molar-refractivity contribution >= 4 is 8.25 Å². The average Bonchev–Trinajstić information content (AvgIpc) is 2.32. The van der Waals surface area contributed by atoms with Gasteiger partial charge in [0, 0.05) is 14.2 Å². The van der Waals surface area contributed by atoms with Crippen molar-refractivity contribution in [2.45, 2.75) is 0 Å². The summed E-state index contributed by atoms with van der Waals surface area (Å²) in [5, 5.41) is 34.0. The van der Waals surface area contributed by atoms with Gasteiger partial charge in [-0.05, 0) is 0 Å². The van der Waals surface area contributed by atoms with E-state index in [4.69, 9.17) is 20.4 Å². The van der Waals surface area contributed by atoms with Gasteiger partial charge in [0.1, 0.15) is 0 Å². The van der Waals surface area contributed by atoms with Crippen molar-refractivity contribution in [3.05, 3.63) is 0 Å². The molecular weight excluding hydrogens is 227 g/mol. The fourth-order valence-electron chi connectivity index (χ4n) is 0.383. The molecule has 0 aromatic carbocycles. The summed E-state index contributed by atoms with van der Waals surface area (Å²) in [6.45, 7) is -1.62. The van der Waals surface area contributed by atoms with E-state index in [0.29, 0.717) is 0 Å². The summed E-state index contributed by atoms with van der Waals surface area (Å²) >= 11 is 0. The van der Waals surface area contributed by atoms with Crippen molar-refractivity contribution < 1.29 is 34.0 Å². The van der Waals surface area contributed by atoms with E-state index in [2.05, 4.69) is 9.05 Å². The maximum absolute atomic E-state index is 9.92. The predicted molar refractivity (Wildman–Crippen MR) is 53.8 cm³/mol. The summed E-state index contributed by atoms with van der Waals surface area (Å²) in [5.41, 5.74) is -1.11. The minimum atomic E-state index is -2.12. The summed E-state index contributed by atoms with van der Waals surface area (Å²) in [6, 6.07) is 0. The highest BCUT2D eigenvalue weighted by molar-refractivity contribution is 7.33. The number of hydrogen-bond donors (Lipinski definition) is 4. The summed E-state index contributed by atoms with van der Waals surface area (Å²) in [6.07, 6.45) is 0. The molecule has 4 N–H and O–H groups in total. The van der Waals surface area contributed by atoms with Crippen LogP contribution in [-0.2, 0) is 13.6 Å². The third kappa shape index (κ3) is 7.87. The van der Waals surface area contributed by atoms with Crippen molar-refractivity contribution in [2.75, 3.05) is 40.6 Å². The molecule has 0 saturated carbocycles. The first-order valence-corrected chi connectivity index (χ1v) is 5.33. The molecule has 0 spiro atoms. The second-order valence-corrected chi connectivity index (χ2v) is 4.11. The van der Waals surface area contributed by atoms with Gasteiger partial charge in [0.2, 0.25) is 0 Å². The number of hydrogen-bond acceptors (Lipinski definition) is 7. The Hall–Kier alpha value is -0.0100. The first-order valence-electron chi connectivity index (χ1n) is 4.11. The smallest absolute Gasteiger partial charge is 0.318 e. The number of rotatable bonds is 6. The SMILES string of the molecule is CO[PH](=O)OC.OCC(CO)(CO)CO. The molecule has 7 nitrogen and oxygen atoms in total. The highest BCUT2D eigenvalue weighted by Gasteiger charge is 2.26. The molecule has 0 saturated heterocycles. The fourth-order valence-corrected chi connectivity index (χ4v) is 0.550. The predicted octanol–water partition coefficient (Wildman–Crippen LogP) is -1.39. The number of aliphatic hydroxyl groups excluding tert-OH is 4. The second kappa shape index (κ2) is 10.5. The molecule has 0 bridgehead atoms. The van der Waals surface area contributed by atoms with Gasteiger partial charge in [-0.1, -0.05) is 0 Å². The van der Waals surface area contributed by atoms with Crippen molar-refractivity contribution in [1.29, 1.82) is 0 Å². The standard InChI is InChI=1S/C5H12O4.C2H7O3P/c6-1-5(2-7,3-8)4-9;1-4-6(3)5-2/h6-9H,1-4H2;6H,1-2H3. The molecule has 0 radical (unpaired) electrons. The Morgan fingerprint density at radius 3 is 1.20 bits per heavy atom. The lowest BCUT2D eigenvalue weighted by Gasteiger charge is -2.23. The third-order valence-electron chi connectivity index (χ3n) is 1.67. The van der Waals surface area contributed by atoms with Gasteiger partial charge in [0.25, 0.3) is 0 Å². The molecule has 0 heterocycles. The zero-order valence-corrected chi connectivity index (χ0v) is 9.84. The van der Waals surface area contributed by atoms with Gasteiger partial charge in [-0.3, -0.25) is 4.57 Å². The zero-order valence-electron chi connectivity index (χ0n) is 8.84. The van der Waals surface area contributed by atoms with E-state index >= 15 is 0 Å².